The van der Waals surface area contributed by atoms with Gasteiger partial charge < -0.3 is 10.0 Å². The Morgan fingerprint density at radius 2 is 1.72 bits per heavy atom. The number of aliphatic hydroxyl groups is 1. The van der Waals surface area contributed by atoms with Crippen molar-refractivity contribution in [1.29, 1.82) is 0 Å². The zero-order valence-corrected chi connectivity index (χ0v) is 11.8. The van der Waals surface area contributed by atoms with Crippen LogP contribution in [0.15, 0.2) is 30.3 Å². The first-order valence-electron chi connectivity index (χ1n) is 7.26. The smallest absolute Gasteiger partial charge is 0.0538 e. The quantitative estimate of drug-likeness (QED) is 0.718. The van der Waals surface area contributed by atoms with E-state index < -0.39 is 0 Å². The van der Waals surface area contributed by atoms with Gasteiger partial charge in [0.2, 0.25) is 0 Å². The van der Waals surface area contributed by atoms with E-state index in [0.717, 1.165) is 32.4 Å². The molecule has 2 heteroatoms. The Bertz CT molecular complexity index is 299. The fraction of sp³-hybridized carbons (Fsp3) is 0.625. The average Bonchev–Trinajstić information content (AvgIpc) is 2.43. The molecule has 0 aromatic heterocycles. The van der Waals surface area contributed by atoms with Crippen LogP contribution in [-0.4, -0.2) is 24.3 Å². The van der Waals surface area contributed by atoms with Crippen molar-refractivity contribution in [3.8, 4) is 0 Å². The Morgan fingerprint density at radius 1 is 1.06 bits per heavy atom. The molecule has 1 atom stereocenters. The molecule has 1 aromatic rings. The highest BCUT2D eigenvalue weighted by molar-refractivity contribution is 5.45. The SMILES string of the molecule is CCCCN(CCCC(O)CC)c1ccccc1. The third-order valence-electron chi connectivity index (χ3n) is 3.34. The second-order valence-corrected chi connectivity index (χ2v) is 4.88. The van der Waals surface area contributed by atoms with Crippen molar-refractivity contribution < 1.29 is 5.11 Å². The van der Waals surface area contributed by atoms with E-state index in [2.05, 4.69) is 42.2 Å². The Kier molecular flexibility index (Phi) is 7.51. The lowest BCUT2D eigenvalue weighted by molar-refractivity contribution is 0.158. The lowest BCUT2D eigenvalue weighted by Gasteiger charge is -2.25. The molecule has 1 aromatic carbocycles. The number of unbranched alkanes of at least 4 members (excludes halogenated alkanes) is 1. The van der Waals surface area contributed by atoms with Crippen LogP contribution < -0.4 is 4.90 Å². The van der Waals surface area contributed by atoms with E-state index in [-0.39, 0.29) is 6.10 Å². The van der Waals surface area contributed by atoms with E-state index in [1.54, 1.807) is 0 Å². The Balaban J connectivity index is 2.46. The first-order chi connectivity index (χ1) is 8.77. The molecule has 0 saturated carbocycles. The molecule has 2 nitrogen and oxygen atoms in total. The molecule has 0 amide bonds. The minimum absolute atomic E-state index is 0.131. The monoisotopic (exact) mass is 249 g/mol. The summed E-state index contributed by atoms with van der Waals surface area (Å²) in [4.78, 5) is 2.44. The van der Waals surface area contributed by atoms with E-state index >= 15 is 0 Å². The maximum absolute atomic E-state index is 9.60. The molecular weight excluding hydrogens is 222 g/mol. The van der Waals surface area contributed by atoms with Crippen LogP contribution in [0.3, 0.4) is 0 Å². The van der Waals surface area contributed by atoms with Gasteiger partial charge in [0.05, 0.1) is 6.10 Å². The predicted molar refractivity (Wildman–Crippen MR) is 79.1 cm³/mol. The number of benzene rings is 1. The first kappa shape index (κ1) is 15.0. The van der Waals surface area contributed by atoms with Gasteiger partial charge in [-0.3, -0.25) is 0 Å². The van der Waals surface area contributed by atoms with Gasteiger partial charge in [0.15, 0.2) is 0 Å². The fourth-order valence-electron chi connectivity index (χ4n) is 2.08. The first-order valence-corrected chi connectivity index (χ1v) is 7.26. The largest absolute Gasteiger partial charge is 0.393 e. The Morgan fingerprint density at radius 3 is 2.33 bits per heavy atom. The summed E-state index contributed by atoms with van der Waals surface area (Å²) >= 11 is 0. The molecule has 18 heavy (non-hydrogen) atoms. The van der Waals surface area contributed by atoms with Gasteiger partial charge in [0.25, 0.3) is 0 Å². The summed E-state index contributed by atoms with van der Waals surface area (Å²) in [7, 11) is 0. The lowest BCUT2D eigenvalue weighted by Crippen LogP contribution is -2.26. The van der Waals surface area contributed by atoms with Gasteiger partial charge in [-0.2, -0.15) is 0 Å². The number of anilines is 1. The van der Waals surface area contributed by atoms with Crippen LogP contribution in [0.2, 0.25) is 0 Å². The van der Waals surface area contributed by atoms with Crippen molar-refractivity contribution in [2.24, 2.45) is 0 Å². The minimum Gasteiger partial charge on any atom is -0.393 e. The van der Waals surface area contributed by atoms with Crippen LogP contribution >= 0.6 is 0 Å². The molecule has 0 heterocycles. The van der Waals surface area contributed by atoms with Crippen molar-refractivity contribution >= 4 is 5.69 Å². The summed E-state index contributed by atoms with van der Waals surface area (Å²) in [6, 6.07) is 10.6. The van der Waals surface area contributed by atoms with Crippen molar-refractivity contribution in [3.05, 3.63) is 30.3 Å². The van der Waals surface area contributed by atoms with Crippen LogP contribution in [-0.2, 0) is 0 Å². The summed E-state index contributed by atoms with van der Waals surface area (Å²) in [5.41, 5.74) is 1.30. The zero-order chi connectivity index (χ0) is 13.2. The van der Waals surface area contributed by atoms with E-state index in [1.807, 2.05) is 6.92 Å². The molecule has 102 valence electrons. The Labute approximate surface area is 112 Å². The summed E-state index contributed by atoms with van der Waals surface area (Å²) in [6.45, 7) is 6.42. The van der Waals surface area contributed by atoms with Crippen LogP contribution in [0.25, 0.3) is 0 Å². The summed E-state index contributed by atoms with van der Waals surface area (Å²) < 4.78 is 0. The molecule has 0 spiro atoms. The lowest BCUT2D eigenvalue weighted by atomic mass is 10.1. The fourth-order valence-corrected chi connectivity index (χ4v) is 2.08. The highest BCUT2D eigenvalue weighted by Crippen LogP contribution is 2.15. The molecule has 1 unspecified atom stereocenters. The van der Waals surface area contributed by atoms with Crippen LogP contribution in [0.1, 0.15) is 46.0 Å². The van der Waals surface area contributed by atoms with Crippen molar-refractivity contribution in [3.63, 3.8) is 0 Å². The highest BCUT2D eigenvalue weighted by atomic mass is 16.3. The van der Waals surface area contributed by atoms with E-state index in [0.29, 0.717) is 0 Å². The summed E-state index contributed by atoms with van der Waals surface area (Å²) in [5.74, 6) is 0. The second-order valence-electron chi connectivity index (χ2n) is 4.88. The van der Waals surface area contributed by atoms with Crippen molar-refractivity contribution in [2.75, 3.05) is 18.0 Å². The third kappa shape index (κ3) is 5.54. The third-order valence-corrected chi connectivity index (χ3v) is 3.34. The summed E-state index contributed by atoms with van der Waals surface area (Å²) in [6.07, 6.45) is 5.15. The Hall–Kier alpha value is -1.02. The number of aliphatic hydroxyl groups excluding tert-OH is 1. The molecule has 0 aliphatic heterocycles. The molecule has 0 saturated heterocycles. The van der Waals surface area contributed by atoms with Crippen LogP contribution in [0, 0.1) is 0 Å². The molecule has 0 fully saturated rings. The molecule has 0 aliphatic carbocycles. The normalized spacial score (nSPS) is 12.4. The maximum atomic E-state index is 9.60. The van der Waals surface area contributed by atoms with Crippen LogP contribution in [0.4, 0.5) is 5.69 Å². The van der Waals surface area contributed by atoms with Gasteiger partial charge in [-0.1, -0.05) is 38.5 Å². The number of rotatable bonds is 9. The zero-order valence-electron chi connectivity index (χ0n) is 11.8. The number of hydrogen-bond acceptors (Lipinski definition) is 2. The van der Waals surface area contributed by atoms with E-state index in [9.17, 15) is 5.11 Å². The molecule has 1 rings (SSSR count). The van der Waals surface area contributed by atoms with E-state index in [1.165, 1.54) is 18.5 Å². The molecule has 0 bridgehead atoms. The van der Waals surface area contributed by atoms with Crippen molar-refractivity contribution in [1.82, 2.24) is 0 Å². The van der Waals surface area contributed by atoms with E-state index in [4.69, 9.17) is 0 Å². The van der Waals surface area contributed by atoms with Gasteiger partial charge in [-0.05, 0) is 37.8 Å². The number of hydrogen-bond donors (Lipinski definition) is 1. The van der Waals surface area contributed by atoms with Gasteiger partial charge in [0, 0.05) is 18.8 Å². The topological polar surface area (TPSA) is 23.5 Å². The molecular formula is C16H27NO. The van der Waals surface area contributed by atoms with Gasteiger partial charge in [-0.25, -0.2) is 0 Å². The highest BCUT2D eigenvalue weighted by Gasteiger charge is 2.07. The number of nitrogens with zero attached hydrogens (tertiary/aromatic N) is 1. The summed E-state index contributed by atoms with van der Waals surface area (Å²) in [5, 5.41) is 9.60. The minimum atomic E-state index is -0.131. The average molecular weight is 249 g/mol. The standard InChI is InChI=1S/C16H27NO/c1-3-5-13-17(14-9-12-16(18)4-2)15-10-7-6-8-11-15/h6-8,10-11,16,18H,3-5,9,12-14H2,1-2H3. The van der Waals surface area contributed by atoms with Gasteiger partial charge in [0.1, 0.15) is 0 Å². The van der Waals surface area contributed by atoms with Gasteiger partial charge in [-0.15, -0.1) is 0 Å². The second kappa shape index (κ2) is 8.98. The predicted octanol–water partition coefficient (Wildman–Crippen LogP) is 3.84. The number of para-hydroxylation sites is 1. The molecule has 0 radical (unpaired) electrons. The van der Waals surface area contributed by atoms with Crippen molar-refractivity contribution in [2.45, 2.75) is 52.1 Å². The maximum Gasteiger partial charge on any atom is 0.0538 e. The molecule has 0 aliphatic rings. The van der Waals surface area contributed by atoms with Crippen LogP contribution in [0.5, 0.6) is 0 Å². The molecule has 1 N–H and O–H groups in total. The van der Waals surface area contributed by atoms with Gasteiger partial charge >= 0.3 is 0 Å².